The summed E-state index contributed by atoms with van der Waals surface area (Å²) in [4.78, 5) is 0. The Labute approximate surface area is 169 Å². The highest BCUT2D eigenvalue weighted by Crippen LogP contribution is 2.42. The minimum Gasteiger partial charge on any atom is -0.508 e. The van der Waals surface area contributed by atoms with Crippen molar-refractivity contribution < 1.29 is 10.2 Å². The fourth-order valence-electron chi connectivity index (χ4n) is 4.58. The Kier molecular flexibility index (Phi) is 7.19. The Balaban J connectivity index is 1.74. The largest absolute Gasteiger partial charge is 0.508 e. The quantitative estimate of drug-likeness (QED) is 0.506. The lowest BCUT2D eigenvalue weighted by Crippen LogP contribution is -2.18. The van der Waals surface area contributed by atoms with Crippen LogP contribution in [0.3, 0.4) is 0 Å². The zero-order valence-corrected chi connectivity index (χ0v) is 17.3. The van der Waals surface area contributed by atoms with Crippen molar-refractivity contribution in [3.63, 3.8) is 0 Å². The zero-order valence-electron chi connectivity index (χ0n) is 17.3. The van der Waals surface area contributed by atoms with E-state index in [1.54, 1.807) is 12.1 Å². The van der Waals surface area contributed by atoms with Crippen LogP contribution in [-0.2, 0) is 0 Å². The number of allylic oxidation sites excluding steroid dienone is 2. The molecule has 0 spiro atoms. The molecule has 3 atom stereocenters. The summed E-state index contributed by atoms with van der Waals surface area (Å²) in [6.07, 6.45) is 10.9. The van der Waals surface area contributed by atoms with E-state index in [-0.39, 0.29) is 0 Å². The Bertz CT molecular complexity index is 758. The van der Waals surface area contributed by atoms with Gasteiger partial charge < -0.3 is 10.2 Å². The van der Waals surface area contributed by atoms with E-state index in [9.17, 15) is 10.2 Å². The van der Waals surface area contributed by atoms with Crippen molar-refractivity contribution in [2.75, 3.05) is 0 Å². The van der Waals surface area contributed by atoms with Gasteiger partial charge in [-0.05, 0) is 84.4 Å². The number of hydrogen-bond acceptors (Lipinski definition) is 2. The highest BCUT2D eigenvalue weighted by Gasteiger charge is 2.27. The van der Waals surface area contributed by atoms with Crippen molar-refractivity contribution in [3.8, 4) is 11.5 Å². The first-order chi connectivity index (χ1) is 13.6. The molecule has 0 heterocycles. The van der Waals surface area contributed by atoms with Gasteiger partial charge >= 0.3 is 0 Å². The Hall–Kier alpha value is -2.22. The second-order valence-electron chi connectivity index (χ2n) is 8.49. The first-order valence-electron chi connectivity index (χ1n) is 10.8. The third kappa shape index (κ3) is 5.41. The predicted octanol–water partition coefficient (Wildman–Crippen LogP) is 7.28. The fourth-order valence-corrected chi connectivity index (χ4v) is 4.58. The van der Waals surface area contributed by atoms with Crippen LogP contribution in [0.15, 0.2) is 54.6 Å². The molecule has 3 rings (SSSR count). The van der Waals surface area contributed by atoms with E-state index < -0.39 is 0 Å². The monoisotopic (exact) mass is 378 g/mol. The van der Waals surface area contributed by atoms with Gasteiger partial charge in [0.1, 0.15) is 11.5 Å². The molecule has 1 aliphatic carbocycles. The van der Waals surface area contributed by atoms with Crippen LogP contribution in [-0.4, -0.2) is 10.2 Å². The van der Waals surface area contributed by atoms with Crippen molar-refractivity contribution >= 4 is 5.57 Å². The smallest absolute Gasteiger partial charge is 0.115 e. The van der Waals surface area contributed by atoms with Gasteiger partial charge in [0.15, 0.2) is 0 Å². The Morgan fingerprint density at radius 2 is 1.61 bits per heavy atom. The minimum absolute atomic E-state index is 0.325. The van der Waals surface area contributed by atoms with Crippen molar-refractivity contribution in [3.05, 3.63) is 65.7 Å². The second-order valence-corrected chi connectivity index (χ2v) is 8.49. The maximum absolute atomic E-state index is 9.70. The zero-order chi connectivity index (χ0) is 19.9. The first-order valence-corrected chi connectivity index (χ1v) is 10.8. The number of benzene rings is 2. The van der Waals surface area contributed by atoms with Crippen LogP contribution in [0.2, 0.25) is 0 Å². The molecule has 2 aromatic rings. The highest BCUT2D eigenvalue weighted by atomic mass is 16.3. The van der Waals surface area contributed by atoms with Crippen LogP contribution in [0.5, 0.6) is 11.5 Å². The topological polar surface area (TPSA) is 40.5 Å². The summed E-state index contributed by atoms with van der Waals surface area (Å²) in [6.45, 7) is 4.66. The highest BCUT2D eigenvalue weighted by molar-refractivity contribution is 5.66. The molecular formula is C26H34O2. The molecule has 150 valence electrons. The van der Waals surface area contributed by atoms with Crippen LogP contribution in [0.25, 0.3) is 5.57 Å². The Morgan fingerprint density at radius 1 is 0.964 bits per heavy atom. The third-order valence-corrected chi connectivity index (χ3v) is 6.29. The average molecular weight is 379 g/mol. The molecule has 0 amide bonds. The predicted molar refractivity (Wildman–Crippen MR) is 118 cm³/mol. The van der Waals surface area contributed by atoms with Crippen LogP contribution < -0.4 is 0 Å². The summed E-state index contributed by atoms with van der Waals surface area (Å²) >= 11 is 0. The second kappa shape index (κ2) is 9.82. The molecule has 3 unspecified atom stereocenters. The van der Waals surface area contributed by atoms with E-state index in [0.29, 0.717) is 23.3 Å². The van der Waals surface area contributed by atoms with E-state index in [2.05, 4.69) is 32.1 Å². The molecule has 2 heteroatoms. The molecule has 2 aromatic carbocycles. The summed E-state index contributed by atoms with van der Waals surface area (Å²) in [5.41, 5.74) is 4.00. The van der Waals surface area contributed by atoms with E-state index in [1.807, 2.05) is 24.3 Å². The lowest BCUT2D eigenvalue weighted by Gasteiger charge is -2.32. The van der Waals surface area contributed by atoms with Crippen LogP contribution >= 0.6 is 0 Å². The molecule has 0 saturated carbocycles. The number of phenolic OH excluding ortho intramolecular Hbond substituents is 2. The van der Waals surface area contributed by atoms with Crippen molar-refractivity contribution in [2.45, 2.75) is 64.7 Å². The molecule has 0 bridgehead atoms. The molecule has 0 aliphatic heterocycles. The molecule has 0 aromatic heterocycles. The SMILES string of the molecule is CCCCC(C)CC(c1ccc(O)cc1)C1CC=C(c2ccc(O)cc2)CC1. The molecule has 28 heavy (non-hydrogen) atoms. The number of rotatable bonds is 8. The van der Waals surface area contributed by atoms with E-state index >= 15 is 0 Å². The fraction of sp³-hybridized carbons (Fsp3) is 0.462. The van der Waals surface area contributed by atoms with Gasteiger partial charge in [0.2, 0.25) is 0 Å². The van der Waals surface area contributed by atoms with Crippen LogP contribution in [0.1, 0.15) is 75.8 Å². The van der Waals surface area contributed by atoms with E-state index in [1.165, 1.54) is 48.8 Å². The van der Waals surface area contributed by atoms with Crippen LogP contribution in [0, 0.1) is 11.8 Å². The molecule has 0 fully saturated rings. The van der Waals surface area contributed by atoms with Gasteiger partial charge in [0.05, 0.1) is 0 Å². The molecule has 1 aliphatic rings. The van der Waals surface area contributed by atoms with Crippen molar-refractivity contribution in [1.82, 2.24) is 0 Å². The van der Waals surface area contributed by atoms with Crippen molar-refractivity contribution in [2.24, 2.45) is 11.8 Å². The van der Waals surface area contributed by atoms with Gasteiger partial charge in [0.25, 0.3) is 0 Å². The van der Waals surface area contributed by atoms with E-state index in [0.717, 1.165) is 18.8 Å². The summed E-state index contributed by atoms with van der Waals surface area (Å²) in [5, 5.41) is 19.2. The normalized spacial score (nSPS) is 19.1. The standard InChI is InChI=1S/C26H34O2/c1-3-4-5-19(2)18-26(23-12-16-25(28)17-13-23)22-8-6-20(7-9-22)21-10-14-24(27)15-11-21/h6,10-17,19,22,26-28H,3-5,7-9,18H2,1-2H3. The van der Waals surface area contributed by atoms with Crippen LogP contribution in [0.4, 0.5) is 0 Å². The lowest BCUT2D eigenvalue weighted by atomic mass is 9.73. The van der Waals surface area contributed by atoms with Gasteiger partial charge in [-0.25, -0.2) is 0 Å². The van der Waals surface area contributed by atoms with Gasteiger partial charge in [-0.2, -0.15) is 0 Å². The van der Waals surface area contributed by atoms with Crippen molar-refractivity contribution in [1.29, 1.82) is 0 Å². The minimum atomic E-state index is 0.325. The number of hydrogen-bond donors (Lipinski definition) is 2. The van der Waals surface area contributed by atoms with Gasteiger partial charge in [0, 0.05) is 0 Å². The maximum atomic E-state index is 9.70. The molecule has 2 N–H and O–H groups in total. The van der Waals surface area contributed by atoms with Gasteiger partial charge in [-0.15, -0.1) is 0 Å². The maximum Gasteiger partial charge on any atom is 0.115 e. The molecule has 0 radical (unpaired) electrons. The summed E-state index contributed by atoms with van der Waals surface area (Å²) in [7, 11) is 0. The molecular weight excluding hydrogens is 344 g/mol. The third-order valence-electron chi connectivity index (χ3n) is 6.29. The summed E-state index contributed by atoms with van der Waals surface area (Å²) in [6, 6.07) is 15.5. The Morgan fingerprint density at radius 3 is 2.18 bits per heavy atom. The van der Waals surface area contributed by atoms with Gasteiger partial charge in [-0.3, -0.25) is 0 Å². The summed E-state index contributed by atoms with van der Waals surface area (Å²) in [5.74, 6) is 2.59. The average Bonchev–Trinajstić information content (AvgIpc) is 2.72. The van der Waals surface area contributed by atoms with E-state index in [4.69, 9.17) is 0 Å². The lowest BCUT2D eigenvalue weighted by molar-refractivity contribution is 0.321. The number of phenols is 2. The molecule has 2 nitrogen and oxygen atoms in total. The molecule has 0 saturated heterocycles. The first kappa shape index (κ1) is 20.5. The summed E-state index contributed by atoms with van der Waals surface area (Å²) < 4.78 is 0. The number of aromatic hydroxyl groups is 2. The number of unbranched alkanes of at least 4 members (excludes halogenated alkanes) is 1. The van der Waals surface area contributed by atoms with Gasteiger partial charge in [-0.1, -0.05) is 63.5 Å².